The Morgan fingerprint density at radius 3 is 3.14 bits per heavy atom. The topological polar surface area (TPSA) is 34.4 Å². The lowest BCUT2D eigenvalue weighted by atomic mass is 10.1. The maximum absolute atomic E-state index is 10.9. The molecular weight excluding hydrogens is 200 g/mol. The molecule has 0 atom stereocenters. The number of rotatable bonds is 2. The molecule has 0 aliphatic rings. The van der Waals surface area contributed by atoms with E-state index >= 15 is 0 Å². The molecule has 2 aromatic heterocycles. The highest BCUT2D eigenvalue weighted by Gasteiger charge is 2.02. The fourth-order valence-corrected chi connectivity index (χ4v) is 1.58. The van der Waals surface area contributed by atoms with Crippen molar-refractivity contribution in [1.29, 1.82) is 0 Å². The molecule has 2 heterocycles. The van der Waals surface area contributed by atoms with E-state index in [1.165, 1.54) is 0 Å². The maximum Gasteiger partial charge on any atom is 0.138 e. The SMILES string of the molecule is CC(=O)Cc1ccn2c(Cl)cnc2c1. The van der Waals surface area contributed by atoms with Crippen molar-refractivity contribution in [2.75, 3.05) is 0 Å². The first-order valence-electron chi connectivity index (χ1n) is 4.28. The molecule has 0 saturated heterocycles. The van der Waals surface area contributed by atoms with Gasteiger partial charge in [-0.15, -0.1) is 0 Å². The second-order valence-electron chi connectivity index (χ2n) is 3.22. The zero-order valence-electron chi connectivity index (χ0n) is 7.70. The third-order valence-corrected chi connectivity index (χ3v) is 2.27. The van der Waals surface area contributed by atoms with Gasteiger partial charge in [0.2, 0.25) is 0 Å². The quantitative estimate of drug-likeness (QED) is 0.758. The Kier molecular flexibility index (Phi) is 2.25. The summed E-state index contributed by atoms with van der Waals surface area (Å²) in [6.07, 6.45) is 3.86. The predicted octanol–water partition coefficient (Wildman–Crippen LogP) is 2.12. The molecule has 0 bridgehead atoms. The summed E-state index contributed by atoms with van der Waals surface area (Å²) < 4.78 is 1.77. The molecule has 4 heteroatoms. The van der Waals surface area contributed by atoms with Crippen LogP contribution in [0.25, 0.3) is 5.65 Å². The molecule has 0 saturated carbocycles. The van der Waals surface area contributed by atoms with Gasteiger partial charge in [0, 0.05) is 12.6 Å². The summed E-state index contributed by atoms with van der Waals surface area (Å²) in [5.41, 5.74) is 1.74. The Labute approximate surface area is 86.3 Å². The summed E-state index contributed by atoms with van der Waals surface area (Å²) in [5.74, 6) is 0.145. The number of Topliss-reactive ketones (excluding diaryl/α,β-unsaturated/α-hetero) is 1. The molecule has 0 radical (unpaired) electrons. The number of nitrogens with zero attached hydrogens (tertiary/aromatic N) is 2. The first-order chi connectivity index (χ1) is 6.66. The Morgan fingerprint density at radius 2 is 2.43 bits per heavy atom. The zero-order valence-corrected chi connectivity index (χ0v) is 8.45. The molecule has 0 N–H and O–H groups in total. The van der Waals surface area contributed by atoms with Crippen molar-refractivity contribution in [3.8, 4) is 0 Å². The van der Waals surface area contributed by atoms with Gasteiger partial charge >= 0.3 is 0 Å². The Balaban J connectivity index is 2.46. The number of hydrogen-bond donors (Lipinski definition) is 0. The van der Waals surface area contributed by atoms with Crippen LogP contribution in [0.15, 0.2) is 24.5 Å². The van der Waals surface area contributed by atoms with E-state index in [1.54, 1.807) is 17.5 Å². The van der Waals surface area contributed by atoms with Crippen LogP contribution in [-0.4, -0.2) is 15.2 Å². The second-order valence-corrected chi connectivity index (χ2v) is 3.61. The molecule has 14 heavy (non-hydrogen) atoms. The third-order valence-electron chi connectivity index (χ3n) is 1.99. The van der Waals surface area contributed by atoms with Crippen LogP contribution in [-0.2, 0) is 11.2 Å². The van der Waals surface area contributed by atoms with E-state index in [1.807, 2.05) is 18.3 Å². The van der Waals surface area contributed by atoms with E-state index in [9.17, 15) is 4.79 Å². The molecule has 0 unspecified atom stereocenters. The molecule has 0 spiro atoms. The minimum absolute atomic E-state index is 0.145. The van der Waals surface area contributed by atoms with Crippen LogP contribution in [0.3, 0.4) is 0 Å². The van der Waals surface area contributed by atoms with Gasteiger partial charge in [-0.2, -0.15) is 0 Å². The fourth-order valence-electron chi connectivity index (χ4n) is 1.39. The number of fused-ring (bicyclic) bond motifs is 1. The van der Waals surface area contributed by atoms with Gasteiger partial charge in [-0.25, -0.2) is 4.98 Å². The lowest BCUT2D eigenvalue weighted by molar-refractivity contribution is -0.116. The van der Waals surface area contributed by atoms with Crippen LogP contribution in [0, 0.1) is 0 Å². The number of imidazole rings is 1. The van der Waals surface area contributed by atoms with Crippen LogP contribution >= 0.6 is 11.6 Å². The average molecular weight is 209 g/mol. The number of pyridine rings is 1. The van der Waals surface area contributed by atoms with Gasteiger partial charge in [0.1, 0.15) is 16.6 Å². The molecule has 0 aliphatic heterocycles. The Bertz CT molecular complexity index is 490. The predicted molar refractivity (Wildman–Crippen MR) is 54.6 cm³/mol. The third kappa shape index (κ3) is 1.63. The van der Waals surface area contributed by atoms with Gasteiger partial charge in [-0.05, 0) is 24.6 Å². The summed E-state index contributed by atoms with van der Waals surface area (Å²) in [6.45, 7) is 1.57. The summed E-state index contributed by atoms with van der Waals surface area (Å²) in [7, 11) is 0. The molecule has 0 fully saturated rings. The van der Waals surface area contributed by atoms with E-state index in [-0.39, 0.29) is 5.78 Å². The smallest absolute Gasteiger partial charge is 0.138 e. The van der Waals surface area contributed by atoms with E-state index in [2.05, 4.69) is 4.98 Å². The van der Waals surface area contributed by atoms with Gasteiger partial charge in [0.25, 0.3) is 0 Å². The number of ketones is 1. The van der Waals surface area contributed by atoms with Gasteiger partial charge in [-0.3, -0.25) is 9.20 Å². The fraction of sp³-hybridized carbons (Fsp3) is 0.200. The Morgan fingerprint density at radius 1 is 1.64 bits per heavy atom. The molecule has 72 valence electrons. The lowest BCUT2D eigenvalue weighted by Gasteiger charge is -1.99. The molecule has 3 nitrogen and oxygen atoms in total. The highest BCUT2D eigenvalue weighted by Crippen LogP contribution is 2.13. The summed E-state index contributed by atoms with van der Waals surface area (Å²) >= 11 is 5.86. The molecular formula is C10H9ClN2O. The van der Waals surface area contributed by atoms with E-state index < -0.39 is 0 Å². The van der Waals surface area contributed by atoms with Crippen LogP contribution in [0.1, 0.15) is 12.5 Å². The van der Waals surface area contributed by atoms with Crippen LogP contribution < -0.4 is 0 Å². The molecule has 2 aromatic rings. The van der Waals surface area contributed by atoms with Crippen molar-refractivity contribution in [2.24, 2.45) is 0 Å². The highest BCUT2D eigenvalue weighted by molar-refractivity contribution is 6.29. The molecule has 2 rings (SSSR count). The minimum atomic E-state index is 0.145. The van der Waals surface area contributed by atoms with Crippen LogP contribution in [0.5, 0.6) is 0 Å². The largest absolute Gasteiger partial charge is 0.300 e. The van der Waals surface area contributed by atoms with Crippen molar-refractivity contribution < 1.29 is 4.79 Å². The Hall–Kier alpha value is -1.35. The van der Waals surface area contributed by atoms with E-state index in [0.29, 0.717) is 11.6 Å². The molecule has 0 aliphatic carbocycles. The standard InChI is InChI=1S/C10H9ClN2O/c1-7(14)4-8-2-3-13-9(11)6-12-10(13)5-8/h2-3,5-6H,4H2,1H3. The average Bonchev–Trinajstić information content (AvgIpc) is 2.46. The monoisotopic (exact) mass is 208 g/mol. The minimum Gasteiger partial charge on any atom is -0.300 e. The van der Waals surface area contributed by atoms with Gasteiger partial charge in [0.15, 0.2) is 0 Å². The summed E-state index contributed by atoms with van der Waals surface area (Å²) in [4.78, 5) is 15.0. The first kappa shape index (κ1) is 9.21. The molecule has 0 amide bonds. The van der Waals surface area contributed by atoms with Crippen LogP contribution in [0.4, 0.5) is 0 Å². The second kappa shape index (κ2) is 3.42. The summed E-state index contributed by atoms with van der Waals surface area (Å²) in [6, 6.07) is 3.75. The van der Waals surface area contributed by atoms with E-state index in [0.717, 1.165) is 11.2 Å². The van der Waals surface area contributed by atoms with Crippen molar-refractivity contribution >= 4 is 23.0 Å². The van der Waals surface area contributed by atoms with Crippen molar-refractivity contribution in [2.45, 2.75) is 13.3 Å². The zero-order chi connectivity index (χ0) is 10.1. The van der Waals surface area contributed by atoms with Crippen LogP contribution in [0.2, 0.25) is 5.15 Å². The summed E-state index contributed by atoms with van der Waals surface area (Å²) in [5, 5.41) is 0.578. The number of aromatic nitrogens is 2. The van der Waals surface area contributed by atoms with Crippen molar-refractivity contribution in [3.05, 3.63) is 35.2 Å². The van der Waals surface area contributed by atoms with Gasteiger partial charge in [0.05, 0.1) is 6.20 Å². The number of carbonyl (C=O) groups excluding carboxylic acids is 1. The first-order valence-corrected chi connectivity index (χ1v) is 4.65. The van der Waals surface area contributed by atoms with Crippen molar-refractivity contribution in [1.82, 2.24) is 9.38 Å². The number of halogens is 1. The molecule has 0 aromatic carbocycles. The van der Waals surface area contributed by atoms with Gasteiger partial charge in [-0.1, -0.05) is 11.6 Å². The van der Waals surface area contributed by atoms with E-state index in [4.69, 9.17) is 11.6 Å². The van der Waals surface area contributed by atoms with Gasteiger partial charge < -0.3 is 0 Å². The maximum atomic E-state index is 10.9. The number of hydrogen-bond acceptors (Lipinski definition) is 2. The number of carbonyl (C=O) groups is 1. The normalized spacial score (nSPS) is 10.7. The van der Waals surface area contributed by atoms with Crippen molar-refractivity contribution in [3.63, 3.8) is 0 Å². The highest BCUT2D eigenvalue weighted by atomic mass is 35.5. The lowest BCUT2D eigenvalue weighted by Crippen LogP contribution is -1.97.